The molecule has 61 heavy (non-hydrogen) atoms. The highest BCUT2D eigenvalue weighted by atomic mass is 16.3. The molecule has 0 aliphatic carbocycles. The highest BCUT2D eigenvalue weighted by molar-refractivity contribution is 6.27. The van der Waals surface area contributed by atoms with Crippen molar-refractivity contribution in [3.63, 3.8) is 0 Å². The SMILES string of the molecule is c1ccc2cc(-c3ccc4ccc5cccc6ccc3c4c56)c(-c3ccc(-c4ccc5ccc6cccc7ccc4c5c67)cc3-c3ccc4oc5ccccc5c4c3)cc2c1. The van der Waals surface area contributed by atoms with E-state index >= 15 is 0 Å². The molecule has 14 aromatic rings. The van der Waals surface area contributed by atoms with Gasteiger partial charge in [0, 0.05) is 10.8 Å². The fraction of sp³-hybridized carbons (Fsp3) is 0. The van der Waals surface area contributed by atoms with Gasteiger partial charge in [0.15, 0.2) is 0 Å². The first-order valence-corrected chi connectivity index (χ1v) is 21.1. The van der Waals surface area contributed by atoms with Gasteiger partial charge in [-0.3, -0.25) is 0 Å². The lowest BCUT2D eigenvalue weighted by Crippen LogP contribution is -1.94. The van der Waals surface area contributed by atoms with E-state index in [1.54, 1.807) is 0 Å². The smallest absolute Gasteiger partial charge is 0.135 e. The van der Waals surface area contributed by atoms with Gasteiger partial charge in [0.25, 0.3) is 0 Å². The molecule has 0 N–H and O–H groups in total. The molecule has 1 nitrogen and oxygen atoms in total. The molecule has 0 bridgehead atoms. The molecule has 0 saturated heterocycles. The van der Waals surface area contributed by atoms with Gasteiger partial charge in [-0.2, -0.15) is 0 Å². The minimum absolute atomic E-state index is 0.898. The molecule has 0 unspecified atom stereocenters. The Bertz CT molecular complexity index is 4080. The molecule has 14 rings (SSSR count). The van der Waals surface area contributed by atoms with E-state index in [0.717, 1.165) is 27.5 Å². The van der Waals surface area contributed by atoms with Crippen molar-refractivity contribution in [2.45, 2.75) is 0 Å². The lowest BCUT2D eigenvalue weighted by molar-refractivity contribution is 0.669. The van der Waals surface area contributed by atoms with Gasteiger partial charge in [-0.1, -0.05) is 170 Å². The van der Waals surface area contributed by atoms with Crippen LogP contribution in [0.5, 0.6) is 0 Å². The summed E-state index contributed by atoms with van der Waals surface area (Å²) in [5.74, 6) is 0. The van der Waals surface area contributed by atoms with Crippen LogP contribution in [0.4, 0.5) is 0 Å². The number of para-hydroxylation sites is 1. The van der Waals surface area contributed by atoms with E-state index in [1.165, 1.54) is 114 Å². The Hall–Kier alpha value is -8.00. The predicted octanol–water partition coefficient (Wildman–Crippen LogP) is 17.2. The van der Waals surface area contributed by atoms with E-state index in [9.17, 15) is 0 Å². The quantitative estimate of drug-likeness (QED) is 0.162. The maximum absolute atomic E-state index is 6.37. The van der Waals surface area contributed by atoms with Gasteiger partial charge in [0.1, 0.15) is 11.2 Å². The third-order valence-corrected chi connectivity index (χ3v) is 13.5. The molecule has 0 aliphatic rings. The Morgan fingerprint density at radius 1 is 0.213 bits per heavy atom. The van der Waals surface area contributed by atoms with Crippen LogP contribution in [0.25, 0.3) is 142 Å². The number of rotatable bonds is 4. The van der Waals surface area contributed by atoms with Crippen molar-refractivity contribution in [2.24, 2.45) is 0 Å². The lowest BCUT2D eigenvalue weighted by atomic mass is 9.83. The standard InChI is InChI=1S/C60H34O/c1-2-8-42-32-53(52(31-41(42)7-1)46-26-20-40-18-16-36-10-6-12-38-22-29-50(46)60(40)58(36)38)47-27-23-43(33-51(47)44-24-30-56-54(34-44)48-13-3-4-14-55(48)61-56)45-25-19-39-17-15-35-9-5-11-37-21-28-49(45)59(39)57(35)37/h1-34H. The number of furan rings is 1. The first kappa shape index (κ1) is 32.9. The van der Waals surface area contributed by atoms with Crippen LogP contribution in [0, 0.1) is 0 Å². The van der Waals surface area contributed by atoms with Gasteiger partial charge in [0.2, 0.25) is 0 Å². The predicted molar refractivity (Wildman–Crippen MR) is 260 cm³/mol. The zero-order valence-electron chi connectivity index (χ0n) is 33.0. The minimum Gasteiger partial charge on any atom is -0.456 e. The monoisotopic (exact) mass is 770 g/mol. The number of hydrogen-bond acceptors (Lipinski definition) is 1. The fourth-order valence-corrected chi connectivity index (χ4v) is 10.7. The Kier molecular flexibility index (Phi) is 6.62. The molecule has 0 radical (unpaired) electrons. The zero-order valence-corrected chi connectivity index (χ0v) is 33.0. The van der Waals surface area contributed by atoms with Crippen LogP contribution in [-0.4, -0.2) is 0 Å². The maximum atomic E-state index is 6.37. The summed E-state index contributed by atoms with van der Waals surface area (Å²) in [5, 5.41) is 20.2. The average molecular weight is 771 g/mol. The van der Waals surface area contributed by atoms with E-state index in [-0.39, 0.29) is 0 Å². The molecule has 0 atom stereocenters. The van der Waals surface area contributed by atoms with Crippen LogP contribution in [-0.2, 0) is 0 Å². The van der Waals surface area contributed by atoms with Crippen LogP contribution in [0.3, 0.4) is 0 Å². The summed E-state index contributed by atoms with van der Waals surface area (Å²) >= 11 is 0. The minimum atomic E-state index is 0.898. The average Bonchev–Trinajstić information content (AvgIpc) is 3.70. The van der Waals surface area contributed by atoms with Crippen molar-refractivity contribution in [1.82, 2.24) is 0 Å². The Morgan fingerprint density at radius 3 is 1.34 bits per heavy atom. The highest BCUT2D eigenvalue weighted by Crippen LogP contribution is 2.48. The fourth-order valence-electron chi connectivity index (χ4n) is 10.7. The first-order valence-electron chi connectivity index (χ1n) is 21.1. The maximum Gasteiger partial charge on any atom is 0.135 e. The van der Waals surface area contributed by atoms with Crippen molar-refractivity contribution < 1.29 is 4.42 Å². The zero-order chi connectivity index (χ0) is 39.8. The summed E-state index contributed by atoms with van der Waals surface area (Å²) in [4.78, 5) is 0. The Labute approximate surface area is 351 Å². The van der Waals surface area contributed by atoms with Gasteiger partial charge in [-0.05, 0) is 156 Å². The number of hydrogen-bond donors (Lipinski definition) is 0. The lowest BCUT2D eigenvalue weighted by Gasteiger charge is -2.20. The van der Waals surface area contributed by atoms with Gasteiger partial charge in [-0.25, -0.2) is 0 Å². The van der Waals surface area contributed by atoms with Crippen molar-refractivity contribution in [2.75, 3.05) is 0 Å². The van der Waals surface area contributed by atoms with E-state index in [0.29, 0.717) is 0 Å². The van der Waals surface area contributed by atoms with Gasteiger partial charge >= 0.3 is 0 Å². The van der Waals surface area contributed by atoms with Crippen LogP contribution >= 0.6 is 0 Å². The van der Waals surface area contributed by atoms with Crippen molar-refractivity contribution in [3.05, 3.63) is 206 Å². The third-order valence-electron chi connectivity index (χ3n) is 13.5. The molecule has 0 aliphatic heterocycles. The van der Waals surface area contributed by atoms with Crippen LogP contribution < -0.4 is 0 Å². The normalized spacial score (nSPS) is 12.3. The largest absolute Gasteiger partial charge is 0.456 e. The van der Waals surface area contributed by atoms with E-state index in [2.05, 4.69) is 200 Å². The van der Waals surface area contributed by atoms with E-state index in [4.69, 9.17) is 4.42 Å². The van der Waals surface area contributed by atoms with Crippen molar-refractivity contribution >= 4 is 97.3 Å². The highest BCUT2D eigenvalue weighted by Gasteiger charge is 2.21. The first-order chi connectivity index (χ1) is 30.2. The van der Waals surface area contributed by atoms with Gasteiger partial charge in [-0.15, -0.1) is 0 Å². The summed E-state index contributed by atoms with van der Waals surface area (Å²) in [6, 6.07) is 76.8. The van der Waals surface area contributed by atoms with Crippen LogP contribution in [0.1, 0.15) is 0 Å². The van der Waals surface area contributed by atoms with Crippen molar-refractivity contribution in [3.8, 4) is 44.5 Å². The summed E-state index contributed by atoms with van der Waals surface area (Å²) in [6.07, 6.45) is 0. The van der Waals surface area contributed by atoms with Gasteiger partial charge < -0.3 is 4.42 Å². The third kappa shape index (κ3) is 4.72. The second-order valence-corrected chi connectivity index (χ2v) is 16.8. The second kappa shape index (κ2) is 12.3. The molecule has 1 aromatic heterocycles. The molecule has 280 valence electrons. The molecule has 1 heteroatoms. The topological polar surface area (TPSA) is 13.1 Å². The molecule has 0 spiro atoms. The molecule has 0 fully saturated rings. The number of benzene rings is 13. The van der Waals surface area contributed by atoms with Crippen LogP contribution in [0.2, 0.25) is 0 Å². The summed E-state index contributed by atoms with van der Waals surface area (Å²) < 4.78 is 6.37. The molecule has 13 aromatic carbocycles. The van der Waals surface area contributed by atoms with E-state index in [1.807, 2.05) is 6.07 Å². The second-order valence-electron chi connectivity index (χ2n) is 16.8. The van der Waals surface area contributed by atoms with Gasteiger partial charge in [0.05, 0.1) is 0 Å². The molecule has 0 saturated carbocycles. The Balaban J connectivity index is 1.07. The summed E-state index contributed by atoms with van der Waals surface area (Å²) in [6.45, 7) is 0. The molecular formula is C60H34O. The molecular weight excluding hydrogens is 737 g/mol. The van der Waals surface area contributed by atoms with E-state index < -0.39 is 0 Å². The number of fused-ring (bicyclic) bond motifs is 4. The summed E-state index contributed by atoms with van der Waals surface area (Å²) in [5.41, 5.74) is 11.4. The molecule has 0 amide bonds. The summed E-state index contributed by atoms with van der Waals surface area (Å²) in [7, 11) is 0. The van der Waals surface area contributed by atoms with Crippen LogP contribution in [0.15, 0.2) is 211 Å². The Morgan fingerprint density at radius 2 is 0.672 bits per heavy atom. The van der Waals surface area contributed by atoms with Crippen molar-refractivity contribution in [1.29, 1.82) is 0 Å². The molecule has 1 heterocycles.